The predicted octanol–water partition coefficient (Wildman–Crippen LogP) is 4.65. The van der Waals surface area contributed by atoms with Crippen LogP contribution in [-0.2, 0) is 14.3 Å². The van der Waals surface area contributed by atoms with E-state index >= 15 is 0 Å². The van der Waals surface area contributed by atoms with Gasteiger partial charge in [0, 0.05) is 11.1 Å². The summed E-state index contributed by atoms with van der Waals surface area (Å²) in [6, 6.07) is 18.5. The average molecular weight is 486 g/mol. The normalized spacial score (nSPS) is 24.4. The molecule has 7 heteroatoms. The number of ether oxygens (including phenoxy) is 1. The van der Waals surface area contributed by atoms with Crippen LogP contribution in [0.4, 0.5) is 5.69 Å². The Morgan fingerprint density at radius 3 is 2.09 bits per heavy atom. The van der Waals surface area contributed by atoms with E-state index in [0.29, 0.717) is 5.56 Å². The number of amides is 2. The van der Waals surface area contributed by atoms with Crippen LogP contribution >= 0.6 is 11.6 Å². The van der Waals surface area contributed by atoms with Crippen molar-refractivity contribution in [3.05, 3.63) is 99.6 Å². The SMILES string of the molecule is Cc1cccc([C@@H]2OC3(C(=O)c4ccccc4C3=O)[C@@H]3C(=O)N(c4ccccc4Cl)C(=O)[C@@H]32)c1C. The van der Waals surface area contributed by atoms with Crippen molar-refractivity contribution in [1.82, 2.24) is 0 Å². The molecule has 0 unspecified atom stereocenters. The number of carbonyl (C=O) groups is 4. The molecule has 0 aromatic heterocycles. The van der Waals surface area contributed by atoms with E-state index < -0.39 is 46.9 Å². The lowest BCUT2D eigenvalue weighted by molar-refractivity contribution is -0.127. The van der Waals surface area contributed by atoms with Gasteiger partial charge >= 0.3 is 0 Å². The minimum atomic E-state index is -2.10. The number of halogens is 1. The number of fused-ring (bicyclic) bond motifs is 3. The molecule has 1 aliphatic carbocycles. The molecule has 6 nitrogen and oxygen atoms in total. The highest BCUT2D eigenvalue weighted by Gasteiger charge is 2.75. The summed E-state index contributed by atoms with van der Waals surface area (Å²) in [6.45, 7) is 3.83. The molecule has 2 saturated heterocycles. The molecule has 3 aliphatic rings. The molecule has 6 rings (SSSR count). The van der Waals surface area contributed by atoms with Gasteiger partial charge in [-0.05, 0) is 42.7 Å². The molecule has 2 aliphatic heterocycles. The van der Waals surface area contributed by atoms with E-state index in [1.54, 1.807) is 48.5 Å². The van der Waals surface area contributed by atoms with Crippen LogP contribution in [0.15, 0.2) is 66.7 Å². The van der Waals surface area contributed by atoms with Crippen molar-refractivity contribution in [3.63, 3.8) is 0 Å². The van der Waals surface area contributed by atoms with Crippen LogP contribution in [0.25, 0.3) is 0 Å². The summed E-state index contributed by atoms with van der Waals surface area (Å²) in [4.78, 5) is 56.5. The van der Waals surface area contributed by atoms with Gasteiger partial charge in [-0.2, -0.15) is 0 Å². The quantitative estimate of drug-likeness (QED) is 0.390. The molecule has 2 heterocycles. The van der Waals surface area contributed by atoms with E-state index in [0.717, 1.165) is 16.0 Å². The Morgan fingerprint density at radius 2 is 1.43 bits per heavy atom. The number of Topliss-reactive ketones (excluding diaryl/α,β-unsaturated/α-hetero) is 2. The van der Waals surface area contributed by atoms with Gasteiger partial charge in [0.25, 0.3) is 0 Å². The summed E-state index contributed by atoms with van der Waals surface area (Å²) in [7, 11) is 0. The highest BCUT2D eigenvalue weighted by atomic mass is 35.5. The van der Waals surface area contributed by atoms with Crippen LogP contribution in [0.5, 0.6) is 0 Å². The minimum absolute atomic E-state index is 0.203. The van der Waals surface area contributed by atoms with E-state index in [4.69, 9.17) is 16.3 Å². The summed E-state index contributed by atoms with van der Waals surface area (Å²) in [5.41, 5.74) is 1.05. The number of imide groups is 1. The average Bonchev–Trinajstić information content (AvgIpc) is 3.41. The number of aryl methyl sites for hydroxylation is 1. The van der Waals surface area contributed by atoms with E-state index in [9.17, 15) is 19.2 Å². The largest absolute Gasteiger partial charge is 0.349 e. The second-order valence-corrected chi connectivity index (χ2v) is 9.64. The van der Waals surface area contributed by atoms with Crippen LogP contribution in [0.3, 0.4) is 0 Å². The van der Waals surface area contributed by atoms with Gasteiger partial charge in [-0.15, -0.1) is 0 Å². The van der Waals surface area contributed by atoms with Gasteiger partial charge in [0.15, 0.2) is 0 Å². The van der Waals surface area contributed by atoms with Gasteiger partial charge in [0.05, 0.1) is 28.6 Å². The summed E-state index contributed by atoms with van der Waals surface area (Å²) in [6.07, 6.45) is -0.953. The van der Waals surface area contributed by atoms with Gasteiger partial charge in [0.2, 0.25) is 29.0 Å². The standard InChI is InChI=1S/C28H20ClNO5/c1-14-8-7-11-16(15(14)2)23-21-22(27(34)30(26(21)33)20-13-6-5-12-19(20)29)28(35-23)24(31)17-9-3-4-10-18(17)25(28)32/h3-13,21-23H,1-2H3/t21-,22-,23-/m0/s1. The number of ketones is 2. The van der Waals surface area contributed by atoms with Crippen LogP contribution in [0, 0.1) is 25.7 Å². The first-order chi connectivity index (χ1) is 16.8. The molecule has 35 heavy (non-hydrogen) atoms. The number of benzene rings is 3. The van der Waals surface area contributed by atoms with Gasteiger partial charge < -0.3 is 4.74 Å². The maximum atomic E-state index is 13.9. The van der Waals surface area contributed by atoms with Gasteiger partial charge in [0.1, 0.15) is 0 Å². The number of nitrogens with zero attached hydrogens (tertiary/aromatic N) is 1. The third-order valence-electron chi connectivity index (χ3n) is 7.57. The zero-order chi connectivity index (χ0) is 24.6. The van der Waals surface area contributed by atoms with Crippen molar-refractivity contribution in [3.8, 4) is 0 Å². The third kappa shape index (κ3) is 2.69. The molecule has 3 aromatic rings. The molecule has 0 radical (unpaired) electrons. The molecule has 2 amide bonds. The molecular weight excluding hydrogens is 466 g/mol. The Morgan fingerprint density at radius 1 is 0.800 bits per heavy atom. The third-order valence-corrected chi connectivity index (χ3v) is 7.89. The second kappa shape index (κ2) is 7.44. The molecule has 1 spiro atoms. The molecular formula is C28H20ClNO5. The smallest absolute Gasteiger partial charge is 0.241 e. The van der Waals surface area contributed by atoms with Crippen molar-refractivity contribution < 1.29 is 23.9 Å². The second-order valence-electron chi connectivity index (χ2n) is 9.23. The van der Waals surface area contributed by atoms with Crippen LogP contribution in [0.1, 0.15) is 43.5 Å². The molecule has 3 aromatic carbocycles. The lowest BCUT2D eigenvalue weighted by atomic mass is 9.76. The van der Waals surface area contributed by atoms with E-state index in [1.165, 1.54) is 0 Å². The summed E-state index contributed by atoms with van der Waals surface area (Å²) < 4.78 is 6.36. The number of carbonyl (C=O) groups excluding carboxylic acids is 4. The van der Waals surface area contributed by atoms with Gasteiger partial charge in [-0.25, -0.2) is 4.90 Å². The fraction of sp³-hybridized carbons (Fsp3) is 0.214. The van der Waals surface area contributed by atoms with Crippen LogP contribution < -0.4 is 4.90 Å². The summed E-state index contributed by atoms with van der Waals surface area (Å²) in [5.74, 6) is -4.71. The van der Waals surface area contributed by atoms with E-state index in [1.807, 2.05) is 32.0 Å². The molecule has 0 saturated carbocycles. The highest BCUT2D eigenvalue weighted by Crippen LogP contribution is 2.58. The molecule has 2 fully saturated rings. The number of hydrogen-bond acceptors (Lipinski definition) is 5. The molecule has 3 atom stereocenters. The molecule has 0 bridgehead atoms. The first kappa shape index (κ1) is 21.9. The topological polar surface area (TPSA) is 80.8 Å². The Balaban J connectivity index is 1.59. The van der Waals surface area contributed by atoms with Crippen molar-refractivity contribution in [2.75, 3.05) is 4.90 Å². The van der Waals surface area contributed by atoms with Crippen LogP contribution in [-0.4, -0.2) is 29.0 Å². The monoisotopic (exact) mass is 485 g/mol. The Bertz CT molecular complexity index is 1440. The van der Waals surface area contributed by atoms with Crippen molar-refractivity contribution >= 4 is 40.7 Å². The van der Waals surface area contributed by atoms with E-state index in [-0.39, 0.29) is 21.8 Å². The van der Waals surface area contributed by atoms with Crippen molar-refractivity contribution in [2.45, 2.75) is 25.6 Å². The lowest BCUT2D eigenvalue weighted by Gasteiger charge is -2.28. The number of hydrogen-bond donors (Lipinski definition) is 0. The van der Waals surface area contributed by atoms with Crippen LogP contribution in [0.2, 0.25) is 5.02 Å². The number of para-hydroxylation sites is 1. The fourth-order valence-corrected chi connectivity index (χ4v) is 5.97. The maximum Gasteiger partial charge on any atom is 0.241 e. The first-order valence-electron chi connectivity index (χ1n) is 11.3. The Hall–Kier alpha value is -3.61. The van der Waals surface area contributed by atoms with Gasteiger partial charge in [-0.1, -0.05) is 66.2 Å². The Labute approximate surface area is 206 Å². The summed E-state index contributed by atoms with van der Waals surface area (Å²) >= 11 is 6.36. The predicted molar refractivity (Wildman–Crippen MR) is 129 cm³/mol. The number of anilines is 1. The van der Waals surface area contributed by atoms with Gasteiger partial charge in [-0.3, -0.25) is 19.2 Å². The van der Waals surface area contributed by atoms with Crippen molar-refractivity contribution in [1.29, 1.82) is 0 Å². The maximum absolute atomic E-state index is 13.9. The zero-order valence-electron chi connectivity index (χ0n) is 18.9. The fourth-order valence-electron chi connectivity index (χ4n) is 5.75. The highest BCUT2D eigenvalue weighted by molar-refractivity contribution is 6.39. The Kier molecular flexibility index (Phi) is 4.66. The zero-order valence-corrected chi connectivity index (χ0v) is 19.7. The minimum Gasteiger partial charge on any atom is -0.349 e. The lowest BCUT2D eigenvalue weighted by Crippen LogP contribution is -2.51. The molecule has 174 valence electrons. The molecule has 0 N–H and O–H groups in total. The van der Waals surface area contributed by atoms with Crippen molar-refractivity contribution in [2.24, 2.45) is 11.8 Å². The van der Waals surface area contributed by atoms with E-state index in [2.05, 4.69) is 0 Å². The number of rotatable bonds is 2. The summed E-state index contributed by atoms with van der Waals surface area (Å²) in [5, 5.41) is 0.222. The first-order valence-corrected chi connectivity index (χ1v) is 11.7.